The summed E-state index contributed by atoms with van der Waals surface area (Å²) in [6.45, 7) is 4.02. The summed E-state index contributed by atoms with van der Waals surface area (Å²) in [6, 6.07) is 11.9. The fourth-order valence-electron chi connectivity index (χ4n) is 2.17. The molecule has 0 bridgehead atoms. The summed E-state index contributed by atoms with van der Waals surface area (Å²) in [5, 5.41) is 9.78. The Kier molecular flexibility index (Phi) is 2.75. The van der Waals surface area contributed by atoms with Crippen molar-refractivity contribution in [3.63, 3.8) is 0 Å². The van der Waals surface area contributed by atoms with Crippen molar-refractivity contribution >= 4 is 11.0 Å². The first-order valence-electron chi connectivity index (χ1n) is 6.46. The summed E-state index contributed by atoms with van der Waals surface area (Å²) in [7, 11) is 0. The van der Waals surface area contributed by atoms with E-state index in [1.54, 1.807) is 6.07 Å². The van der Waals surface area contributed by atoms with E-state index in [1.807, 2.05) is 25.1 Å². The van der Waals surface area contributed by atoms with Gasteiger partial charge < -0.3 is 10.1 Å². The average molecular weight is 252 g/mol. The van der Waals surface area contributed by atoms with Crippen LogP contribution >= 0.6 is 0 Å². The Balaban J connectivity index is 2.11. The molecule has 0 radical (unpaired) electrons. The lowest BCUT2D eigenvalue weighted by Gasteiger charge is -2.00. The fraction of sp³-hybridized carbons (Fsp3) is 0.188. The van der Waals surface area contributed by atoms with Gasteiger partial charge in [-0.1, -0.05) is 25.1 Å². The van der Waals surface area contributed by atoms with E-state index in [4.69, 9.17) is 0 Å². The highest BCUT2D eigenvalue weighted by atomic mass is 16.3. The SMILES string of the molecule is CCc1ccc2nc(-c3ccc(C)c(O)c3)[nH]c2c1. The normalized spacial score (nSPS) is 11.1. The molecule has 0 aliphatic rings. The lowest BCUT2D eigenvalue weighted by molar-refractivity contribution is 0.471. The summed E-state index contributed by atoms with van der Waals surface area (Å²) in [4.78, 5) is 7.87. The van der Waals surface area contributed by atoms with Crippen molar-refractivity contribution < 1.29 is 5.11 Å². The molecule has 2 aromatic carbocycles. The van der Waals surface area contributed by atoms with E-state index >= 15 is 0 Å². The second kappa shape index (κ2) is 4.43. The quantitative estimate of drug-likeness (QED) is 0.728. The minimum Gasteiger partial charge on any atom is -0.508 e. The number of hydrogen-bond donors (Lipinski definition) is 2. The summed E-state index contributed by atoms with van der Waals surface area (Å²) in [5.74, 6) is 1.09. The highest BCUT2D eigenvalue weighted by Crippen LogP contribution is 2.26. The number of phenolic OH excluding ortho intramolecular Hbond substituents is 1. The van der Waals surface area contributed by atoms with Crippen LogP contribution in [0, 0.1) is 6.92 Å². The van der Waals surface area contributed by atoms with Gasteiger partial charge in [0.05, 0.1) is 11.0 Å². The van der Waals surface area contributed by atoms with Gasteiger partial charge in [0.2, 0.25) is 0 Å². The van der Waals surface area contributed by atoms with Crippen molar-refractivity contribution in [2.45, 2.75) is 20.3 Å². The molecule has 0 saturated heterocycles. The lowest BCUT2D eigenvalue weighted by atomic mass is 10.1. The molecule has 0 atom stereocenters. The van der Waals surface area contributed by atoms with Crippen LogP contribution < -0.4 is 0 Å². The number of nitrogens with one attached hydrogen (secondary N) is 1. The number of fused-ring (bicyclic) bond motifs is 1. The monoisotopic (exact) mass is 252 g/mol. The van der Waals surface area contributed by atoms with Gasteiger partial charge in [-0.2, -0.15) is 0 Å². The second-order valence-electron chi connectivity index (χ2n) is 4.79. The molecule has 3 heteroatoms. The molecule has 0 spiro atoms. The van der Waals surface area contributed by atoms with Crippen LogP contribution in [0.2, 0.25) is 0 Å². The zero-order chi connectivity index (χ0) is 13.4. The Morgan fingerprint density at radius 3 is 2.74 bits per heavy atom. The van der Waals surface area contributed by atoms with E-state index in [2.05, 4.69) is 29.0 Å². The van der Waals surface area contributed by atoms with Crippen LogP contribution in [0.3, 0.4) is 0 Å². The van der Waals surface area contributed by atoms with Crippen LogP contribution in [0.15, 0.2) is 36.4 Å². The molecule has 3 nitrogen and oxygen atoms in total. The van der Waals surface area contributed by atoms with Crippen molar-refractivity contribution in [2.75, 3.05) is 0 Å². The number of phenols is 1. The molecule has 19 heavy (non-hydrogen) atoms. The summed E-state index contributed by atoms with van der Waals surface area (Å²) in [5.41, 5.74) is 5.04. The van der Waals surface area contributed by atoms with Crippen molar-refractivity contribution in [1.29, 1.82) is 0 Å². The van der Waals surface area contributed by atoms with Crippen LogP contribution in [0.5, 0.6) is 5.75 Å². The van der Waals surface area contributed by atoms with E-state index in [-0.39, 0.29) is 0 Å². The number of hydrogen-bond acceptors (Lipinski definition) is 2. The Labute approximate surface area is 111 Å². The molecular formula is C16H16N2O. The number of aryl methyl sites for hydroxylation is 2. The van der Waals surface area contributed by atoms with Crippen LogP contribution in [0.4, 0.5) is 0 Å². The molecule has 0 saturated carbocycles. The number of rotatable bonds is 2. The standard InChI is InChI=1S/C16H16N2O/c1-3-11-5-7-13-14(8-11)18-16(17-13)12-6-4-10(2)15(19)9-12/h4-9,19H,3H2,1-2H3,(H,17,18). The average Bonchev–Trinajstić information content (AvgIpc) is 2.84. The van der Waals surface area contributed by atoms with Gasteiger partial charge in [-0.25, -0.2) is 4.98 Å². The zero-order valence-corrected chi connectivity index (χ0v) is 11.1. The number of nitrogens with zero attached hydrogens (tertiary/aromatic N) is 1. The van der Waals surface area contributed by atoms with Gasteiger partial charge in [0.25, 0.3) is 0 Å². The van der Waals surface area contributed by atoms with E-state index in [1.165, 1.54) is 5.56 Å². The van der Waals surface area contributed by atoms with Crippen molar-refractivity contribution in [2.24, 2.45) is 0 Å². The molecule has 0 unspecified atom stereocenters. The first-order chi connectivity index (χ1) is 9.17. The Morgan fingerprint density at radius 2 is 2.00 bits per heavy atom. The molecular weight excluding hydrogens is 236 g/mol. The van der Waals surface area contributed by atoms with Crippen LogP contribution in [0.1, 0.15) is 18.1 Å². The molecule has 0 aliphatic carbocycles. The van der Waals surface area contributed by atoms with Gasteiger partial charge >= 0.3 is 0 Å². The van der Waals surface area contributed by atoms with Crippen LogP contribution in [-0.4, -0.2) is 15.1 Å². The molecule has 2 N–H and O–H groups in total. The molecule has 1 heterocycles. The Morgan fingerprint density at radius 1 is 1.16 bits per heavy atom. The lowest BCUT2D eigenvalue weighted by Crippen LogP contribution is -1.81. The predicted molar refractivity (Wildman–Crippen MR) is 77.3 cm³/mol. The van der Waals surface area contributed by atoms with Gasteiger partial charge in [-0.15, -0.1) is 0 Å². The number of imidazole rings is 1. The zero-order valence-electron chi connectivity index (χ0n) is 11.1. The van der Waals surface area contributed by atoms with Gasteiger partial charge in [-0.3, -0.25) is 0 Å². The van der Waals surface area contributed by atoms with Crippen LogP contribution in [0.25, 0.3) is 22.4 Å². The molecule has 3 aromatic rings. The van der Waals surface area contributed by atoms with E-state index in [9.17, 15) is 5.11 Å². The highest BCUT2D eigenvalue weighted by Gasteiger charge is 2.07. The van der Waals surface area contributed by atoms with Gasteiger partial charge in [0.1, 0.15) is 11.6 Å². The first kappa shape index (κ1) is 11.8. The third-order valence-electron chi connectivity index (χ3n) is 3.44. The summed E-state index contributed by atoms with van der Waals surface area (Å²) < 4.78 is 0. The van der Waals surface area contributed by atoms with Gasteiger partial charge in [0, 0.05) is 5.56 Å². The maximum atomic E-state index is 9.78. The number of aromatic nitrogens is 2. The van der Waals surface area contributed by atoms with Crippen LogP contribution in [-0.2, 0) is 6.42 Å². The fourth-order valence-corrected chi connectivity index (χ4v) is 2.17. The number of H-pyrrole nitrogens is 1. The second-order valence-corrected chi connectivity index (χ2v) is 4.79. The molecule has 0 amide bonds. The molecule has 3 rings (SSSR count). The Hall–Kier alpha value is -2.29. The molecule has 0 aliphatic heterocycles. The number of aromatic hydroxyl groups is 1. The first-order valence-corrected chi connectivity index (χ1v) is 6.46. The third kappa shape index (κ3) is 2.08. The summed E-state index contributed by atoms with van der Waals surface area (Å²) in [6.07, 6.45) is 1.01. The molecule has 96 valence electrons. The topological polar surface area (TPSA) is 48.9 Å². The van der Waals surface area contributed by atoms with Crippen molar-refractivity contribution in [3.05, 3.63) is 47.5 Å². The minimum absolute atomic E-state index is 0.298. The molecule has 1 aromatic heterocycles. The smallest absolute Gasteiger partial charge is 0.138 e. The van der Waals surface area contributed by atoms with Gasteiger partial charge in [-0.05, 0) is 42.7 Å². The predicted octanol–water partition coefficient (Wildman–Crippen LogP) is 3.81. The van der Waals surface area contributed by atoms with Crippen molar-refractivity contribution in [3.8, 4) is 17.1 Å². The van der Waals surface area contributed by atoms with Gasteiger partial charge in [0.15, 0.2) is 0 Å². The Bertz CT molecular complexity index is 744. The minimum atomic E-state index is 0.298. The third-order valence-corrected chi connectivity index (χ3v) is 3.44. The van der Waals surface area contributed by atoms with Crippen molar-refractivity contribution in [1.82, 2.24) is 9.97 Å². The van der Waals surface area contributed by atoms with E-state index < -0.39 is 0 Å². The number of aromatic amines is 1. The number of benzene rings is 2. The van der Waals surface area contributed by atoms with E-state index in [0.29, 0.717) is 5.75 Å². The largest absolute Gasteiger partial charge is 0.508 e. The highest BCUT2D eigenvalue weighted by molar-refractivity contribution is 5.80. The summed E-state index contributed by atoms with van der Waals surface area (Å²) >= 11 is 0. The molecule has 0 fully saturated rings. The van der Waals surface area contributed by atoms with E-state index in [0.717, 1.165) is 34.4 Å². The maximum absolute atomic E-state index is 9.78. The maximum Gasteiger partial charge on any atom is 0.138 e.